The highest BCUT2D eigenvalue weighted by atomic mass is 32.1. The Morgan fingerprint density at radius 2 is 1.97 bits per heavy atom. The molecule has 0 N–H and O–H groups in total. The maximum Gasteiger partial charge on any atom is 0.265 e. The number of piperidine rings is 1. The van der Waals surface area contributed by atoms with Crippen LogP contribution in [0.15, 0.2) is 29.8 Å². The van der Waals surface area contributed by atoms with Gasteiger partial charge in [0.15, 0.2) is 0 Å². The van der Waals surface area contributed by atoms with Gasteiger partial charge in [-0.2, -0.15) is 0 Å². The van der Waals surface area contributed by atoms with Gasteiger partial charge in [-0.1, -0.05) is 24.6 Å². The Balaban J connectivity index is 1.54. The second-order valence-electron chi connectivity index (χ2n) is 8.77. The van der Waals surface area contributed by atoms with Gasteiger partial charge in [-0.3, -0.25) is 9.59 Å². The third-order valence-corrected chi connectivity index (χ3v) is 7.53. The summed E-state index contributed by atoms with van der Waals surface area (Å²) in [7, 11) is 1.86. The van der Waals surface area contributed by atoms with Crippen molar-refractivity contribution < 1.29 is 14.3 Å². The zero-order chi connectivity index (χ0) is 21.8. The Hall–Kier alpha value is -2.41. The van der Waals surface area contributed by atoms with Crippen molar-refractivity contribution in [2.24, 2.45) is 5.41 Å². The van der Waals surface area contributed by atoms with Gasteiger partial charge in [-0.05, 0) is 50.7 Å². The number of thiazole rings is 1. The zero-order valence-corrected chi connectivity index (χ0v) is 19.2. The molecule has 2 aliphatic heterocycles. The topological polar surface area (TPSA) is 62.7 Å². The number of aromatic nitrogens is 1. The first-order valence-electron chi connectivity index (χ1n) is 11.2. The van der Waals surface area contributed by atoms with Crippen molar-refractivity contribution in [2.75, 3.05) is 33.3 Å². The fourth-order valence-electron chi connectivity index (χ4n) is 4.87. The minimum absolute atomic E-state index is 0.0119. The third-order valence-electron chi connectivity index (χ3n) is 6.61. The number of nitrogens with zero attached hydrogens (tertiary/aromatic N) is 3. The van der Waals surface area contributed by atoms with E-state index in [4.69, 9.17) is 4.74 Å². The van der Waals surface area contributed by atoms with E-state index in [-0.39, 0.29) is 11.8 Å². The molecule has 1 saturated heterocycles. The summed E-state index contributed by atoms with van der Waals surface area (Å²) in [4.78, 5) is 35.4. The van der Waals surface area contributed by atoms with Crippen LogP contribution in [0.3, 0.4) is 0 Å². The predicted octanol–water partition coefficient (Wildman–Crippen LogP) is 3.94. The zero-order valence-electron chi connectivity index (χ0n) is 18.4. The Bertz CT molecular complexity index is 944. The fraction of sp³-hybridized carbons (Fsp3) is 0.542. The summed E-state index contributed by atoms with van der Waals surface area (Å²) in [5.74, 6) is 1.08. The van der Waals surface area contributed by atoms with Crippen LogP contribution in [0, 0.1) is 12.3 Å². The number of hydrogen-bond donors (Lipinski definition) is 0. The average molecular weight is 442 g/mol. The van der Waals surface area contributed by atoms with Crippen molar-refractivity contribution in [1.82, 2.24) is 14.8 Å². The number of amides is 2. The standard InChI is InChI=1S/C24H31N3O3S/c1-18-21(31-17-25-18)22(28)27-13-7-12-24(16-27)11-6-5-9-19-8-3-4-10-20(19)30-15-14-26(2)23(24)29/h3-4,8,10,17H,5-7,9,11-16H2,1-2H3. The second kappa shape index (κ2) is 9.39. The quantitative estimate of drug-likeness (QED) is 0.673. The fourth-order valence-corrected chi connectivity index (χ4v) is 5.64. The molecule has 1 aromatic carbocycles. The highest BCUT2D eigenvalue weighted by Crippen LogP contribution is 2.38. The molecule has 1 unspecified atom stereocenters. The summed E-state index contributed by atoms with van der Waals surface area (Å²) in [6.07, 6.45) is 5.39. The predicted molar refractivity (Wildman–Crippen MR) is 122 cm³/mol. The van der Waals surface area contributed by atoms with Gasteiger partial charge >= 0.3 is 0 Å². The van der Waals surface area contributed by atoms with Crippen molar-refractivity contribution in [3.8, 4) is 5.75 Å². The molecule has 4 rings (SSSR count). The van der Waals surface area contributed by atoms with Crippen LogP contribution in [0.5, 0.6) is 5.75 Å². The summed E-state index contributed by atoms with van der Waals surface area (Å²) in [5.41, 5.74) is 3.20. The van der Waals surface area contributed by atoms with Crippen LogP contribution < -0.4 is 4.74 Å². The van der Waals surface area contributed by atoms with E-state index in [2.05, 4.69) is 17.1 Å². The van der Waals surface area contributed by atoms with Crippen LogP contribution in [-0.2, 0) is 11.2 Å². The molecule has 2 aromatic rings. The number of aryl methyl sites for hydroxylation is 2. The molecule has 6 nitrogen and oxygen atoms in total. The number of ether oxygens (including phenoxy) is 1. The number of carbonyl (C=O) groups is 2. The lowest BCUT2D eigenvalue weighted by Crippen LogP contribution is -2.54. The van der Waals surface area contributed by atoms with Crippen molar-refractivity contribution in [2.45, 2.75) is 45.4 Å². The molecule has 0 aliphatic carbocycles. The number of benzene rings is 1. The Kier molecular flexibility index (Phi) is 6.60. The van der Waals surface area contributed by atoms with Crippen LogP contribution in [0.4, 0.5) is 0 Å². The molecule has 0 radical (unpaired) electrons. The van der Waals surface area contributed by atoms with E-state index in [9.17, 15) is 9.59 Å². The van der Waals surface area contributed by atoms with E-state index >= 15 is 0 Å². The molecule has 0 saturated carbocycles. The molecule has 1 atom stereocenters. The maximum atomic E-state index is 13.6. The van der Waals surface area contributed by atoms with Crippen molar-refractivity contribution >= 4 is 23.2 Å². The number of likely N-dealkylation sites (tertiary alicyclic amines) is 1. The number of carbonyl (C=O) groups excluding carboxylic acids is 2. The van der Waals surface area contributed by atoms with Gasteiger partial charge in [-0.15, -0.1) is 11.3 Å². The minimum Gasteiger partial charge on any atom is -0.491 e. The number of rotatable bonds is 1. The summed E-state index contributed by atoms with van der Waals surface area (Å²) in [6, 6.07) is 8.19. The normalized spacial score (nSPS) is 23.0. The van der Waals surface area contributed by atoms with Gasteiger partial charge in [0.2, 0.25) is 5.91 Å². The number of para-hydroxylation sites is 1. The first-order chi connectivity index (χ1) is 15.0. The van der Waals surface area contributed by atoms with Crippen LogP contribution in [0.2, 0.25) is 0 Å². The molecule has 166 valence electrons. The number of likely N-dealkylation sites (N-methyl/N-ethyl adjacent to an activating group) is 1. The lowest BCUT2D eigenvalue weighted by molar-refractivity contribution is -0.144. The molecule has 1 fully saturated rings. The first-order valence-corrected chi connectivity index (χ1v) is 12.0. The van der Waals surface area contributed by atoms with E-state index in [0.717, 1.165) is 50.0 Å². The minimum atomic E-state index is -0.514. The molecule has 1 spiro atoms. The van der Waals surface area contributed by atoms with Crippen molar-refractivity contribution in [3.05, 3.63) is 45.9 Å². The van der Waals surface area contributed by atoms with Crippen LogP contribution in [0.1, 0.15) is 53.0 Å². The molecule has 7 heteroatoms. The monoisotopic (exact) mass is 441 g/mol. The molecule has 31 heavy (non-hydrogen) atoms. The van der Waals surface area contributed by atoms with Crippen molar-refractivity contribution in [1.29, 1.82) is 0 Å². The van der Waals surface area contributed by atoms with Gasteiger partial charge in [0.1, 0.15) is 17.2 Å². The van der Waals surface area contributed by atoms with E-state index in [0.29, 0.717) is 31.1 Å². The number of hydrogen-bond acceptors (Lipinski definition) is 5. The van der Waals surface area contributed by atoms with Gasteiger partial charge in [0, 0.05) is 20.1 Å². The lowest BCUT2D eigenvalue weighted by Gasteiger charge is -2.43. The smallest absolute Gasteiger partial charge is 0.265 e. The average Bonchev–Trinajstić information content (AvgIpc) is 3.21. The van der Waals surface area contributed by atoms with Gasteiger partial charge in [0.05, 0.1) is 23.2 Å². The summed E-state index contributed by atoms with van der Waals surface area (Å²) in [6.45, 7) is 4.07. The highest BCUT2D eigenvalue weighted by Gasteiger charge is 2.44. The maximum absolute atomic E-state index is 13.6. The Morgan fingerprint density at radius 1 is 1.16 bits per heavy atom. The Labute approximate surface area is 188 Å². The van der Waals surface area contributed by atoms with Gasteiger partial charge < -0.3 is 14.5 Å². The summed E-state index contributed by atoms with van der Waals surface area (Å²) in [5, 5.41) is 0. The Morgan fingerprint density at radius 3 is 2.77 bits per heavy atom. The summed E-state index contributed by atoms with van der Waals surface area (Å²) < 4.78 is 6.01. The van der Waals surface area contributed by atoms with Gasteiger partial charge in [-0.25, -0.2) is 4.98 Å². The lowest BCUT2D eigenvalue weighted by atomic mass is 9.74. The van der Waals surface area contributed by atoms with Crippen LogP contribution in [-0.4, -0.2) is 59.9 Å². The third kappa shape index (κ3) is 4.61. The molecule has 3 heterocycles. The molecule has 2 aliphatic rings. The molecular formula is C24H31N3O3S. The molecule has 0 bridgehead atoms. The second-order valence-corrected chi connectivity index (χ2v) is 9.62. The highest BCUT2D eigenvalue weighted by molar-refractivity contribution is 7.11. The van der Waals surface area contributed by atoms with Crippen molar-refractivity contribution in [3.63, 3.8) is 0 Å². The van der Waals surface area contributed by atoms with E-state index in [1.54, 1.807) is 10.4 Å². The number of fused-ring (bicyclic) bond motifs is 1. The van der Waals surface area contributed by atoms with Crippen LogP contribution >= 0.6 is 11.3 Å². The van der Waals surface area contributed by atoms with Gasteiger partial charge in [0.25, 0.3) is 5.91 Å². The summed E-state index contributed by atoms with van der Waals surface area (Å²) >= 11 is 1.39. The largest absolute Gasteiger partial charge is 0.491 e. The van der Waals surface area contributed by atoms with Crippen LogP contribution in [0.25, 0.3) is 0 Å². The van der Waals surface area contributed by atoms with E-state index < -0.39 is 5.41 Å². The molecule has 2 amide bonds. The SMILES string of the molecule is Cc1ncsc1C(=O)N1CCCC2(CCCCc3ccccc3OCCN(C)C2=O)C1. The van der Waals surface area contributed by atoms with E-state index in [1.807, 2.05) is 31.0 Å². The molecular weight excluding hydrogens is 410 g/mol. The molecule has 1 aromatic heterocycles. The van der Waals surface area contributed by atoms with E-state index in [1.165, 1.54) is 16.9 Å². The first kappa shape index (κ1) is 21.8.